The van der Waals surface area contributed by atoms with Gasteiger partial charge in [0.2, 0.25) is 0 Å². The molecule has 0 saturated carbocycles. The van der Waals surface area contributed by atoms with Gasteiger partial charge in [-0.05, 0) is 49.6 Å². The average molecular weight is 260 g/mol. The molecule has 0 saturated heterocycles. The Bertz CT molecular complexity index is 614. The molecule has 2 rings (SSSR count). The summed E-state index contributed by atoms with van der Waals surface area (Å²) in [6.07, 6.45) is 2.83. The number of fused-ring (bicyclic) bond motifs is 1. The summed E-state index contributed by atoms with van der Waals surface area (Å²) in [6, 6.07) is 4.26. The van der Waals surface area contributed by atoms with Crippen molar-refractivity contribution in [1.29, 1.82) is 0 Å². The van der Waals surface area contributed by atoms with E-state index in [-0.39, 0.29) is 12.5 Å². The second-order valence-corrected chi connectivity index (χ2v) is 4.87. The van der Waals surface area contributed by atoms with Gasteiger partial charge < -0.3 is 15.0 Å². The number of carbonyl (C=O) groups is 1. The molecule has 0 amide bonds. The summed E-state index contributed by atoms with van der Waals surface area (Å²) in [5.41, 5.74) is 10.3. The zero-order valence-electron chi connectivity index (χ0n) is 11.7. The van der Waals surface area contributed by atoms with Crippen LogP contribution in [0.15, 0.2) is 18.3 Å². The Morgan fingerprint density at radius 1 is 1.37 bits per heavy atom. The first-order chi connectivity index (χ1) is 9.06. The molecule has 0 aliphatic rings. The highest BCUT2D eigenvalue weighted by atomic mass is 16.5. The molecular formula is C15H20N2O2. The molecule has 19 heavy (non-hydrogen) atoms. The highest BCUT2D eigenvalue weighted by Gasteiger charge is 2.13. The monoisotopic (exact) mass is 260 g/mol. The first-order valence-electron chi connectivity index (χ1n) is 6.42. The minimum Gasteiger partial charge on any atom is -0.468 e. The summed E-state index contributed by atoms with van der Waals surface area (Å²) in [7, 11) is 1.41. The van der Waals surface area contributed by atoms with Gasteiger partial charge in [-0.3, -0.25) is 4.79 Å². The molecule has 0 aliphatic carbocycles. The Morgan fingerprint density at radius 3 is 2.74 bits per heavy atom. The first-order valence-corrected chi connectivity index (χ1v) is 6.42. The molecule has 0 unspecified atom stereocenters. The molecule has 0 fully saturated rings. The minimum absolute atomic E-state index is 0.237. The van der Waals surface area contributed by atoms with Gasteiger partial charge in [-0.15, -0.1) is 0 Å². The quantitative estimate of drug-likeness (QED) is 0.855. The van der Waals surface area contributed by atoms with Crippen LogP contribution in [-0.2, 0) is 22.5 Å². The topological polar surface area (TPSA) is 57.2 Å². The molecule has 0 radical (unpaired) electrons. The molecular weight excluding hydrogens is 240 g/mol. The van der Waals surface area contributed by atoms with E-state index in [0.29, 0.717) is 6.54 Å². The van der Waals surface area contributed by atoms with Crippen molar-refractivity contribution in [2.45, 2.75) is 26.8 Å². The number of aromatic nitrogens is 1. The summed E-state index contributed by atoms with van der Waals surface area (Å²) in [6.45, 7) is 4.99. The van der Waals surface area contributed by atoms with E-state index >= 15 is 0 Å². The van der Waals surface area contributed by atoms with Gasteiger partial charge in [0.1, 0.15) is 6.54 Å². The predicted octanol–water partition coefficient (Wildman–Crippen LogP) is 1.93. The van der Waals surface area contributed by atoms with Gasteiger partial charge in [0.25, 0.3) is 0 Å². The van der Waals surface area contributed by atoms with Crippen LogP contribution in [0.3, 0.4) is 0 Å². The molecule has 102 valence electrons. The zero-order chi connectivity index (χ0) is 14.0. The summed E-state index contributed by atoms with van der Waals surface area (Å²) < 4.78 is 6.70. The number of carbonyl (C=O) groups excluding carboxylic acids is 1. The Hall–Kier alpha value is -1.81. The molecule has 1 heterocycles. The normalized spacial score (nSPS) is 10.9. The Kier molecular flexibility index (Phi) is 3.90. The van der Waals surface area contributed by atoms with Crippen LogP contribution in [0.5, 0.6) is 0 Å². The van der Waals surface area contributed by atoms with Crippen molar-refractivity contribution in [3.05, 3.63) is 35.0 Å². The van der Waals surface area contributed by atoms with Crippen LogP contribution in [0.2, 0.25) is 0 Å². The van der Waals surface area contributed by atoms with Crippen LogP contribution < -0.4 is 5.73 Å². The second kappa shape index (κ2) is 5.45. The van der Waals surface area contributed by atoms with E-state index in [9.17, 15) is 4.79 Å². The molecule has 1 aromatic heterocycles. The zero-order valence-corrected chi connectivity index (χ0v) is 11.7. The number of ether oxygens (including phenoxy) is 1. The third-order valence-electron chi connectivity index (χ3n) is 3.34. The van der Waals surface area contributed by atoms with E-state index in [1.807, 2.05) is 10.8 Å². The van der Waals surface area contributed by atoms with Crippen LogP contribution in [0.4, 0.5) is 0 Å². The largest absolute Gasteiger partial charge is 0.468 e. The van der Waals surface area contributed by atoms with Crippen molar-refractivity contribution in [2.24, 2.45) is 5.73 Å². The summed E-state index contributed by atoms with van der Waals surface area (Å²) in [5.74, 6) is -0.240. The van der Waals surface area contributed by atoms with Crippen molar-refractivity contribution in [2.75, 3.05) is 13.7 Å². The Labute approximate surface area is 113 Å². The van der Waals surface area contributed by atoms with Crippen LogP contribution in [0.1, 0.15) is 16.7 Å². The van der Waals surface area contributed by atoms with Crippen molar-refractivity contribution in [3.8, 4) is 0 Å². The van der Waals surface area contributed by atoms with Gasteiger partial charge >= 0.3 is 5.97 Å². The highest BCUT2D eigenvalue weighted by molar-refractivity contribution is 5.89. The molecule has 0 bridgehead atoms. The van der Waals surface area contributed by atoms with Crippen molar-refractivity contribution >= 4 is 16.9 Å². The lowest BCUT2D eigenvalue weighted by Gasteiger charge is -2.06. The van der Waals surface area contributed by atoms with E-state index in [2.05, 4.69) is 26.0 Å². The highest BCUT2D eigenvalue weighted by Crippen LogP contribution is 2.26. The average Bonchev–Trinajstić information content (AvgIpc) is 2.68. The maximum atomic E-state index is 11.5. The molecule has 0 atom stereocenters. The molecule has 4 heteroatoms. The smallest absolute Gasteiger partial charge is 0.325 e. The maximum Gasteiger partial charge on any atom is 0.325 e. The fourth-order valence-electron chi connectivity index (χ4n) is 2.59. The number of rotatable bonds is 4. The van der Waals surface area contributed by atoms with Crippen molar-refractivity contribution in [1.82, 2.24) is 4.57 Å². The van der Waals surface area contributed by atoms with Crippen molar-refractivity contribution in [3.63, 3.8) is 0 Å². The lowest BCUT2D eigenvalue weighted by Crippen LogP contribution is -2.10. The van der Waals surface area contributed by atoms with E-state index in [1.165, 1.54) is 29.2 Å². The van der Waals surface area contributed by atoms with Crippen LogP contribution >= 0.6 is 0 Å². The fraction of sp³-hybridized carbons (Fsp3) is 0.400. The Balaban J connectivity index is 2.60. The van der Waals surface area contributed by atoms with Gasteiger partial charge in [0.15, 0.2) is 0 Å². The molecule has 1 aromatic carbocycles. The number of hydrogen-bond donors (Lipinski definition) is 1. The SMILES string of the molecule is COC(=O)Cn1cc(CCN)c2c(C)cc(C)cc21. The van der Waals surface area contributed by atoms with Gasteiger partial charge in [0.05, 0.1) is 7.11 Å². The van der Waals surface area contributed by atoms with Gasteiger partial charge in [0, 0.05) is 17.1 Å². The molecule has 2 aromatic rings. The second-order valence-electron chi connectivity index (χ2n) is 4.87. The van der Waals surface area contributed by atoms with E-state index < -0.39 is 0 Å². The predicted molar refractivity (Wildman–Crippen MR) is 76.2 cm³/mol. The number of benzene rings is 1. The fourth-order valence-corrected chi connectivity index (χ4v) is 2.59. The number of esters is 1. The standard InChI is InChI=1S/C15H20N2O2/c1-10-6-11(2)15-12(4-5-16)8-17(13(15)7-10)9-14(18)19-3/h6-8H,4-5,9,16H2,1-3H3. The van der Waals surface area contributed by atoms with Crippen LogP contribution in [0, 0.1) is 13.8 Å². The third kappa shape index (κ3) is 2.63. The Morgan fingerprint density at radius 2 is 2.11 bits per heavy atom. The van der Waals surface area contributed by atoms with Gasteiger partial charge in [-0.2, -0.15) is 0 Å². The maximum absolute atomic E-state index is 11.5. The summed E-state index contributed by atoms with van der Waals surface area (Å²) in [4.78, 5) is 11.5. The number of hydrogen-bond acceptors (Lipinski definition) is 3. The number of nitrogens with zero attached hydrogens (tertiary/aromatic N) is 1. The van der Waals surface area contributed by atoms with E-state index in [1.54, 1.807) is 0 Å². The van der Waals surface area contributed by atoms with Gasteiger partial charge in [-0.1, -0.05) is 6.07 Å². The van der Waals surface area contributed by atoms with Crippen LogP contribution in [-0.4, -0.2) is 24.2 Å². The lowest BCUT2D eigenvalue weighted by atomic mass is 10.0. The van der Waals surface area contributed by atoms with Crippen molar-refractivity contribution < 1.29 is 9.53 Å². The minimum atomic E-state index is -0.240. The van der Waals surface area contributed by atoms with E-state index in [4.69, 9.17) is 10.5 Å². The van der Waals surface area contributed by atoms with E-state index in [0.717, 1.165) is 11.9 Å². The molecule has 0 spiro atoms. The molecule has 2 N–H and O–H groups in total. The third-order valence-corrected chi connectivity index (χ3v) is 3.34. The van der Waals surface area contributed by atoms with Gasteiger partial charge in [-0.25, -0.2) is 0 Å². The lowest BCUT2D eigenvalue weighted by molar-refractivity contribution is -0.141. The summed E-state index contributed by atoms with van der Waals surface area (Å²) >= 11 is 0. The molecule has 4 nitrogen and oxygen atoms in total. The summed E-state index contributed by atoms with van der Waals surface area (Å²) in [5, 5.41) is 1.21. The number of nitrogens with two attached hydrogens (primary N) is 1. The number of methoxy groups -OCH3 is 1. The van der Waals surface area contributed by atoms with Crippen LogP contribution in [0.25, 0.3) is 10.9 Å². The first kappa shape index (κ1) is 13.6. The number of aryl methyl sites for hydroxylation is 2. The molecule has 0 aliphatic heterocycles.